The van der Waals surface area contributed by atoms with Gasteiger partial charge in [0.25, 0.3) is 5.91 Å². The number of carbonyl (C=O) groups is 2. The maximum Gasteiger partial charge on any atom is 0.253 e. The highest BCUT2D eigenvalue weighted by molar-refractivity contribution is 5.94. The zero-order valence-corrected chi connectivity index (χ0v) is 19.4. The van der Waals surface area contributed by atoms with Crippen molar-refractivity contribution in [2.24, 2.45) is 0 Å². The summed E-state index contributed by atoms with van der Waals surface area (Å²) in [6.45, 7) is 11.8. The van der Waals surface area contributed by atoms with Crippen molar-refractivity contribution >= 4 is 11.8 Å². The summed E-state index contributed by atoms with van der Waals surface area (Å²) in [5.74, 6) is 0.461. The molecule has 2 aliphatic rings. The van der Waals surface area contributed by atoms with Gasteiger partial charge in [0.05, 0.1) is 0 Å². The van der Waals surface area contributed by atoms with E-state index in [-0.39, 0.29) is 11.8 Å². The van der Waals surface area contributed by atoms with E-state index in [4.69, 9.17) is 0 Å². The van der Waals surface area contributed by atoms with Gasteiger partial charge in [0.15, 0.2) is 0 Å². The first kappa shape index (κ1) is 23.7. The first-order valence-electron chi connectivity index (χ1n) is 12.2. The van der Waals surface area contributed by atoms with Crippen LogP contribution in [0.5, 0.6) is 0 Å². The Kier molecular flexibility index (Phi) is 9.34. The second-order valence-corrected chi connectivity index (χ2v) is 8.97. The van der Waals surface area contributed by atoms with Gasteiger partial charge in [-0.25, -0.2) is 0 Å². The Bertz CT molecular complexity index is 700. The van der Waals surface area contributed by atoms with Gasteiger partial charge in [-0.2, -0.15) is 0 Å². The number of nitrogens with zero attached hydrogens (tertiary/aromatic N) is 3. The quantitative estimate of drug-likeness (QED) is 0.582. The minimum Gasteiger partial charge on any atom is -0.341 e. The third-order valence-corrected chi connectivity index (χ3v) is 6.71. The van der Waals surface area contributed by atoms with Crippen LogP contribution in [0.15, 0.2) is 24.3 Å². The predicted molar refractivity (Wildman–Crippen MR) is 125 cm³/mol. The van der Waals surface area contributed by atoms with Gasteiger partial charge in [0.1, 0.15) is 0 Å². The van der Waals surface area contributed by atoms with Gasteiger partial charge in [0.2, 0.25) is 5.91 Å². The Morgan fingerprint density at radius 2 is 1.84 bits per heavy atom. The van der Waals surface area contributed by atoms with Crippen LogP contribution in [-0.4, -0.2) is 84.9 Å². The van der Waals surface area contributed by atoms with Crippen molar-refractivity contribution in [3.05, 3.63) is 35.4 Å². The third kappa shape index (κ3) is 7.04. The first-order valence-corrected chi connectivity index (χ1v) is 12.2. The molecule has 1 N–H and O–H groups in total. The summed E-state index contributed by atoms with van der Waals surface area (Å²) in [4.78, 5) is 31.1. The fourth-order valence-corrected chi connectivity index (χ4v) is 4.72. The van der Waals surface area contributed by atoms with Crippen LogP contribution in [0, 0.1) is 0 Å². The fraction of sp³-hybridized carbons (Fsp3) is 0.680. The van der Waals surface area contributed by atoms with Crippen molar-refractivity contribution in [1.29, 1.82) is 0 Å². The summed E-state index contributed by atoms with van der Waals surface area (Å²) in [5, 5.41) is 3.30. The number of nitrogens with one attached hydrogen (secondary N) is 1. The lowest BCUT2D eigenvalue weighted by molar-refractivity contribution is -0.130. The number of carbonyl (C=O) groups excluding carboxylic acids is 2. The maximum atomic E-state index is 12.5. The van der Waals surface area contributed by atoms with E-state index in [0.717, 1.165) is 90.0 Å². The van der Waals surface area contributed by atoms with Gasteiger partial charge in [-0.05, 0) is 69.8 Å². The van der Waals surface area contributed by atoms with Crippen molar-refractivity contribution in [2.75, 3.05) is 52.4 Å². The molecular formula is C25H40N4O2. The largest absolute Gasteiger partial charge is 0.341 e. The molecule has 0 saturated carbocycles. The molecule has 1 aromatic carbocycles. The summed E-state index contributed by atoms with van der Waals surface area (Å²) >= 11 is 0. The average Bonchev–Trinajstić information content (AvgIpc) is 3.24. The Labute approximate surface area is 188 Å². The second kappa shape index (κ2) is 12.2. The van der Waals surface area contributed by atoms with Crippen LogP contribution in [0.25, 0.3) is 0 Å². The predicted octanol–water partition coefficient (Wildman–Crippen LogP) is 2.78. The van der Waals surface area contributed by atoms with Gasteiger partial charge in [-0.1, -0.05) is 19.1 Å². The van der Waals surface area contributed by atoms with E-state index in [1.54, 1.807) is 0 Å². The van der Waals surface area contributed by atoms with Crippen LogP contribution >= 0.6 is 0 Å². The van der Waals surface area contributed by atoms with Crippen LogP contribution in [0.1, 0.15) is 61.9 Å². The molecule has 2 amide bonds. The van der Waals surface area contributed by atoms with E-state index in [2.05, 4.69) is 36.2 Å². The Morgan fingerprint density at radius 1 is 1.10 bits per heavy atom. The Morgan fingerprint density at radius 3 is 2.55 bits per heavy atom. The normalized spacial score (nSPS) is 18.5. The molecule has 6 heteroatoms. The Balaban J connectivity index is 1.42. The highest BCUT2D eigenvalue weighted by Gasteiger charge is 2.20. The standard InChI is InChI=1S/C25H40N4O2/c1-3-27(15-4-5-16-28-19-14-26-13-12-24(28)30)21(2)20-22-8-10-23(11-9-22)25(31)29-17-6-7-18-29/h8-11,21,26H,3-7,12-20H2,1-2H3. The molecule has 1 unspecified atom stereocenters. The van der Waals surface area contributed by atoms with E-state index >= 15 is 0 Å². The lowest BCUT2D eigenvalue weighted by Gasteiger charge is -2.28. The number of rotatable bonds is 10. The SMILES string of the molecule is CCN(CCCCN1CCNCCC1=O)C(C)Cc1ccc(C(=O)N2CCCC2)cc1. The molecule has 172 valence electrons. The molecule has 2 heterocycles. The van der Waals surface area contributed by atoms with E-state index in [1.165, 1.54) is 5.56 Å². The molecular weight excluding hydrogens is 388 g/mol. The summed E-state index contributed by atoms with van der Waals surface area (Å²) in [5.41, 5.74) is 2.09. The molecule has 2 aliphatic heterocycles. The molecule has 2 fully saturated rings. The van der Waals surface area contributed by atoms with Crippen LogP contribution in [0.2, 0.25) is 0 Å². The zero-order chi connectivity index (χ0) is 22.1. The summed E-state index contributed by atoms with van der Waals surface area (Å²) in [6, 6.07) is 8.67. The molecule has 0 radical (unpaired) electrons. The highest BCUT2D eigenvalue weighted by atomic mass is 16.2. The van der Waals surface area contributed by atoms with E-state index in [0.29, 0.717) is 12.5 Å². The van der Waals surface area contributed by atoms with Crippen molar-refractivity contribution in [2.45, 2.75) is 58.4 Å². The fourth-order valence-electron chi connectivity index (χ4n) is 4.72. The zero-order valence-electron chi connectivity index (χ0n) is 19.4. The maximum absolute atomic E-state index is 12.5. The number of hydrogen-bond acceptors (Lipinski definition) is 4. The average molecular weight is 429 g/mol. The minimum atomic E-state index is 0.172. The number of amides is 2. The van der Waals surface area contributed by atoms with Crippen LogP contribution in [0.4, 0.5) is 0 Å². The topological polar surface area (TPSA) is 55.9 Å². The summed E-state index contributed by atoms with van der Waals surface area (Å²) in [6.07, 6.45) is 6.03. The van der Waals surface area contributed by atoms with Crippen LogP contribution in [0.3, 0.4) is 0 Å². The van der Waals surface area contributed by atoms with Crippen molar-refractivity contribution in [3.8, 4) is 0 Å². The molecule has 31 heavy (non-hydrogen) atoms. The molecule has 1 aromatic rings. The first-order chi connectivity index (χ1) is 15.1. The molecule has 0 bridgehead atoms. The summed E-state index contributed by atoms with van der Waals surface area (Å²) < 4.78 is 0. The molecule has 0 aliphatic carbocycles. The molecule has 2 saturated heterocycles. The third-order valence-electron chi connectivity index (χ3n) is 6.71. The van der Waals surface area contributed by atoms with Crippen LogP contribution < -0.4 is 5.32 Å². The van der Waals surface area contributed by atoms with Gasteiger partial charge in [-0.3, -0.25) is 9.59 Å². The van der Waals surface area contributed by atoms with Gasteiger partial charge in [-0.15, -0.1) is 0 Å². The van der Waals surface area contributed by atoms with Crippen LogP contribution in [-0.2, 0) is 11.2 Å². The van der Waals surface area contributed by atoms with E-state index in [1.807, 2.05) is 21.9 Å². The van der Waals surface area contributed by atoms with Gasteiger partial charge < -0.3 is 20.0 Å². The molecule has 3 rings (SSSR count). The minimum absolute atomic E-state index is 0.172. The number of likely N-dealkylation sites (N-methyl/N-ethyl adjacent to an activating group) is 1. The Hall–Kier alpha value is -1.92. The molecule has 6 nitrogen and oxygen atoms in total. The van der Waals surface area contributed by atoms with E-state index in [9.17, 15) is 9.59 Å². The van der Waals surface area contributed by atoms with Crippen molar-refractivity contribution in [1.82, 2.24) is 20.0 Å². The highest BCUT2D eigenvalue weighted by Crippen LogP contribution is 2.16. The lowest BCUT2D eigenvalue weighted by atomic mass is 10.0. The van der Waals surface area contributed by atoms with E-state index < -0.39 is 0 Å². The number of benzene rings is 1. The molecule has 1 atom stereocenters. The van der Waals surface area contributed by atoms with Crippen molar-refractivity contribution in [3.63, 3.8) is 0 Å². The van der Waals surface area contributed by atoms with Crippen molar-refractivity contribution < 1.29 is 9.59 Å². The smallest absolute Gasteiger partial charge is 0.253 e. The number of likely N-dealkylation sites (tertiary alicyclic amines) is 1. The second-order valence-electron chi connectivity index (χ2n) is 8.97. The van der Waals surface area contributed by atoms with Gasteiger partial charge >= 0.3 is 0 Å². The van der Waals surface area contributed by atoms with Gasteiger partial charge in [0, 0.05) is 57.3 Å². The number of hydrogen-bond donors (Lipinski definition) is 1. The monoisotopic (exact) mass is 428 g/mol. The number of unbranched alkanes of at least 4 members (excludes halogenated alkanes) is 1. The lowest BCUT2D eigenvalue weighted by Crippen LogP contribution is -2.36. The molecule has 0 spiro atoms. The summed E-state index contributed by atoms with van der Waals surface area (Å²) in [7, 11) is 0. The molecule has 0 aromatic heterocycles.